The molecule has 1 N–H and O–H groups in total. The fraction of sp³-hybridized carbons (Fsp3) is 0.250. The van der Waals surface area contributed by atoms with Crippen molar-refractivity contribution in [3.63, 3.8) is 0 Å². The van der Waals surface area contributed by atoms with Crippen LogP contribution in [0.5, 0.6) is 0 Å². The number of halogens is 4. The van der Waals surface area contributed by atoms with E-state index in [0.717, 1.165) is 32.5 Å². The Bertz CT molecular complexity index is 611. The molecule has 2 rings (SSSR count). The predicted molar refractivity (Wildman–Crippen MR) is 98.4 cm³/mol. The Morgan fingerprint density at radius 1 is 1.05 bits per heavy atom. The number of hydrogen-bond acceptors (Lipinski definition) is 1. The van der Waals surface area contributed by atoms with Crippen LogP contribution in [-0.4, -0.2) is 6.54 Å². The average Bonchev–Trinajstić information content (AvgIpc) is 2.41. The summed E-state index contributed by atoms with van der Waals surface area (Å²) in [5.74, 6) is 0. The van der Waals surface area contributed by atoms with E-state index in [2.05, 4.69) is 56.2 Å². The fourth-order valence-corrected chi connectivity index (χ4v) is 3.97. The molecule has 1 atom stereocenters. The van der Waals surface area contributed by atoms with Crippen molar-refractivity contribution in [3.05, 3.63) is 66.5 Å². The molecule has 21 heavy (non-hydrogen) atoms. The highest BCUT2D eigenvalue weighted by Gasteiger charge is 2.14. The summed E-state index contributed by atoms with van der Waals surface area (Å²) in [7, 11) is 0. The molecule has 1 unspecified atom stereocenters. The zero-order chi connectivity index (χ0) is 15.4. The van der Waals surface area contributed by atoms with Gasteiger partial charge in [-0.05, 0) is 60.5 Å². The quantitative estimate of drug-likeness (QED) is 0.553. The first-order valence-electron chi connectivity index (χ1n) is 6.63. The third-order valence-corrected chi connectivity index (χ3v) is 4.69. The van der Waals surface area contributed by atoms with E-state index < -0.39 is 0 Å². The van der Waals surface area contributed by atoms with Crippen LogP contribution in [0.15, 0.2) is 45.3 Å². The fourth-order valence-electron chi connectivity index (χ4n) is 2.25. The Labute approximate surface area is 152 Å². The Kier molecular flexibility index (Phi) is 6.57. The van der Waals surface area contributed by atoms with Gasteiger partial charge in [-0.15, -0.1) is 0 Å². The highest BCUT2D eigenvalue weighted by molar-refractivity contribution is 9.11. The van der Waals surface area contributed by atoms with Crippen LogP contribution in [-0.2, 0) is 6.42 Å². The topological polar surface area (TPSA) is 12.0 Å². The maximum absolute atomic E-state index is 6.29. The van der Waals surface area contributed by atoms with Crippen LogP contribution < -0.4 is 5.32 Å². The second-order valence-corrected chi connectivity index (χ2v) is 7.43. The van der Waals surface area contributed by atoms with Crippen molar-refractivity contribution < 1.29 is 0 Å². The van der Waals surface area contributed by atoms with Crippen molar-refractivity contribution in [1.29, 1.82) is 0 Å². The van der Waals surface area contributed by atoms with E-state index in [1.54, 1.807) is 0 Å². The Hall–Kier alpha value is -0.0600. The minimum absolute atomic E-state index is 0.180. The van der Waals surface area contributed by atoms with E-state index in [1.165, 1.54) is 5.56 Å². The third-order valence-electron chi connectivity index (χ3n) is 3.17. The molecule has 0 aliphatic carbocycles. The molecular weight excluding hydrogens is 437 g/mol. The van der Waals surface area contributed by atoms with Crippen LogP contribution in [0.1, 0.15) is 24.1 Å². The smallest absolute Gasteiger partial charge is 0.0439 e. The molecule has 1 nitrogen and oxygen atoms in total. The standard InChI is InChI=1S/C16H15Br2Cl2N/c1-2-21-16(11-5-12(17)9-13(18)6-11)8-10-7-14(19)3-4-15(10)20/h3-7,9,16,21H,2,8H2,1H3. The molecule has 2 aromatic carbocycles. The van der Waals surface area contributed by atoms with Gasteiger partial charge in [0.1, 0.15) is 0 Å². The highest BCUT2D eigenvalue weighted by Crippen LogP contribution is 2.29. The number of rotatable bonds is 5. The molecule has 0 fully saturated rings. The minimum Gasteiger partial charge on any atom is -0.310 e. The Morgan fingerprint density at radius 2 is 1.71 bits per heavy atom. The van der Waals surface area contributed by atoms with Crippen molar-refractivity contribution in [1.82, 2.24) is 5.32 Å². The largest absolute Gasteiger partial charge is 0.310 e. The van der Waals surface area contributed by atoms with Crippen molar-refractivity contribution in [2.45, 2.75) is 19.4 Å². The number of nitrogens with one attached hydrogen (secondary N) is 1. The Balaban J connectivity index is 2.32. The van der Waals surface area contributed by atoms with Crippen molar-refractivity contribution in [2.75, 3.05) is 6.54 Å². The van der Waals surface area contributed by atoms with E-state index in [9.17, 15) is 0 Å². The summed E-state index contributed by atoms with van der Waals surface area (Å²) in [6.45, 7) is 2.98. The van der Waals surface area contributed by atoms with Gasteiger partial charge in [0.05, 0.1) is 0 Å². The van der Waals surface area contributed by atoms with Crippen LogP contribution in [0.3, 0.4) is 0 Å². The van der Waals surface area contributed by atoms with Gasteiger partial charge >= 0.3 is 0 Å². The minimum atomic E-state index is 0.180. The maximum atomic E-state index is 6.29. The van der Waals surface area contributed by atoms with Crippen molar-refractivity contribution in [2.24, 2.45) is 0 Å². The summed E-state index contributed by atoms with van der Waals surface area (Å²) in [6.07, 6.45) is 0.788. The molecule has 5 heteroatoms. The summed E-state index contributed by atoms with van der Waals surface area (Å²) >= 11 is 19.4. The summed E-state index contributed by atoms with van der Waals surface area (Å²) in [5, 5.41) is 4.96. The monoisotopic (exact) mass is 449 g/mol. The van der Waals surface area contributed by atoms with E-state index in [-0.39, 0.29) is 6.04 Å². The third kappa shape index (κ3) is 4.97. The zero-order valence-electron chi connectivity index (χ0n) is 11.5. The lowest BCUT2D eigenvalue weighted by Gasteiger charge is -2.20. The molecule has 0 aromatic heterocycles. The van der Waals surface area contributed by atoms with Gasteiger partial charge in [-0.3, -0.25) is 0 Å². The molecule has 0 radical (unpaired) electrons. The molecule has 0 saturated carbocycles. The first kappa shape index (κ1) is 17.3. The number of benzene rings is 2. The van der Waals surface area contributed by atoms with Crippen LogP contribution in [0.4, 0.5) is 0 Å². The number of likely N-dealkylation sites (N-methyl/N-ethyl adjacent to an activating group) is 1. The highest BCUT2D eigenvalue weighted by atomic mass is 79.9. The van der Waals surface area contributed by atoms with E-state index in [1.807, 2.05) is 24.3 Å². The molecule has 112 valence electrons. The lowest BCUT2D eigenvalue weighted by atomic mass is 9.99. The van der Waals surface area contributed by atoms with Crippen molar-refractivity contribution in [3.8, 4) is 0 Å². The predicted octanol–water partition coefficient (Wildman–Crippen LogP) is 6.41. The molecule has 0 heterocycles. The van der Waals surface area contributed by atoms with Gasteiger partial charge in [-0.25, -0.2) is 0 Å². The molecule has 0 saturated heterocycles. The molecule has 0 aliphatic rings. The van der Waals surface area contributed by atoms with Crippen molar-refractivity contribution >= 4 is 55.1 Å². The van der Waals surface area contributed by atoms with E-state index in [4.69, 9.17) is 23.2 Å². The molecular formula is C16H15Br2Cl2N. The van der Waals surface area contributed by atoms with E-state index in [0.29, 0.717) is 5.02 Å². The SMILES string of the molecule is CCNC(Cc1cc(Cl)ccc1Cl)c1cc(Br)cc(Br)c1. The zero-order valence-corrected chi connectivity index (χ0v) is 16.2. The molecule has 0 spiro atoms. The summed E-state index contributed by atoms with van der Waals surface area (Å²) in [6, 6.07) is 12.0. The maximum Gasteiger partial charge on any atom is 0.0439 e. The first-order chi connectivity index (χ1) is 9.99. The summed E-state index contributed by atoms with van der Waals surface area (Å²) in [5.41, 5.74) is 2.25. The van der Waals surface area contributed by atoms with Gasteiger partial charge in [0.15, 0.2) is 0 Å². The molecule has 0 amide bonds. The summed E-state index contributed by atoms with van der Waals surface area (Å²) in [4.78, 5) is 0. The molecule has 0 bridgehead atoms. The first-order valence-corrected chi connectivity index (χ1v) is 8.97. The lowest BCUT2D eigenvalue weighted by Crippen LogP contribution is -2.23. The van der Waals surface area contributed by atoms with Gasteiger partial charge in [0.2, 0.25) is 0 Å². The average molecular weight is 452 g/mol. The van der Waals surface area contributed by atoms with Gasteiger partial charge in [-0.1, -0.05) is 62.0 Å². The normalized spacial score (nSPS) is 12.4. The second-order valence-electron chi connectivity index (χ2n) is 4.75. The summed E-state index contributed by atoms with van der Waals surface area (Å²) < 4.78 is 2.10. The van der Waals surface area contributed by atoms with E-state index >= 15 is 0 Å². The van der Waals surface area contributed by atoms with Crippen LogP contribution in [0.25, 0.3) is 0 Å². The van der Waals surface area contributed by atoms with Gasteiger partial charge in [0, 0.05) is 25.0 Å². The number of hydrogen-bond donors (Lipinski definition) is 1. The molecule has 0 aliphatic heterocycles. The second kappa shape index (κ2) is 7.98. The lowest BCUT2D eigenvalue weighted by molar-refractivity contribution is 0.549. The Morgan fingerprint density at radius 3 is 2.33 bits per heavy atom. The van der Waals surface area contributed by atoms with Crippen LogP contribution >= 0.6 is 55.1 Å². The van der Waals surface area contributed by atoms with Gasteiger partial charge in [-0.2, -0.15) is 0 Å². The molecule has 2 aromatic rings. The van der Waals surface area contributed by atoms with Crippen LogP contribution in [0.2, 0.25) is 10.0 Å². The van der Waals surface area contributed by atoms with Gasteiger partial charge < -0.3 is 5.32 Å². The van der Waals surface area contributed by atoms with Crippen LogP contribution in [0, 0.1) is 0 Å². The van der Waals surface area contributed by atoms with Gasteiger partial charge in [0.25, 0.3) is 0 Å².